The summed E-state index contributed by atoms with van der Waals surface area (Å²) in [5, 5.41) is 4.27. The van der Waals surface area contributed by atoms with E-state index in [2.05, 4.69) is 16.9 Å². The van der Waals surface area contributed by atoms with Gasteiger partial charge in [0, 0.05) is 10.5 Å². The molecule has 3 heteroatoms. The van der Waals surface area contributed by atoms with Crippen LogP contribution in [0.5, 0.6) is 0 Å². The minimum atomic E-state index is 0.0153. The molecule has 5 saturated carbocycles. The predicted molar refractivity (Wildman–Crippen MR) is 66.3 cm³/mol. The highest BCUT2D eigenvalue weighted by atomic mass is 15.2. The van der Waals surface area contributed by atoms with E-state index in [-0.39, 0.29) is 5.54 Å². The average Bonchev–Trinajstić information content (AvgIpc) is 2.26. The summed E-state index contributed by atoms with van der Waals surface area (Å²) in [5.41, 5.74) is 9.38. The average molecular weight is 231 g/mol. The lowest BCUT2D eigenvalue weighted by Gasteiger charge is -2.68. The van der Waals surface area contributed by atoms with Crippen LogP contribution in [0.2, 0.25) is 0 Å². The van der Waals surface area contributed by atoms with E-state index in [1.54, 1.807) is 0 Å². The first kappa shape index (κ1) is 10.3. The zero-order valence-corrected chi connectivity index (χ0v) is 10.6. The summed E-state index contributed by atoms with van der Waals surface area (Å²) in [6, 6.07) is 0. The Labute approximate surface area is 103 Å². The van der Waals surface area contributed by atoms with Crippen molar-refractivity contribution in [3.8, 4) is 0 Å². The summed E-state index contributed by atoms with van der Waals surface area (Å²) in [7, 11) is 0. The van der Waals surface area contributed by atoms with Crippen molar-refractivity contribution in [2.45, 2.75) is 57.4 Å². The van der Waals surface area contributed by atoms with Gasteiger partial charge in [-0.1, -0.05) is 18.5 Å². The summed E-state index contributed by atoms with van der Waals surface area (Å²) in [6.45, 7) is 2.49. The van der Waals surface area contributed by atoms with E-state index < -0.39 is 0 Å². The molecule has 0 aromatic carbocycles. The maximum atomic E-state index is 8.87. The Balaban J connectivity index is 1.81. The van der Waals surface area contributed by atoms with Gasteiger partial charge in [-0.3, -0.25) is 0 Å². The minimum absolute atomic E-state index is 0.0153. The highest BCUT2D eigenvalue weighted by Gasteiger charge is 2.64. The van der Waals surface area contributed by atoms with Gasteiger partial charge < -0.3 is 0 Å². The van der Waals surface area contributed by atoms with Crippen LogP contribution in [-0.4, -0.2) is 5.54 Å². The van der Waals surface area contributed by atoms with Gasteiger partial charge in [-0.05, 0) is 73.1 Å². The molecule has 5 aliphatic rings. The Kier molecular flexibility index (Phi) is 1.81. The zero-order valence-electron chi connectivity index (χ0n) is 10.6. The van der Waals surface area contributed by atoms with Crippen LogP contribution < -0.4 is 0 Å². The Bertz CT molecular complexity index is 414. The normalized spacial score (nSPS) is 58.9. The third-order valence-corrected chi connectivity index (χ3v) is 6.60. The second-order valence-electron chi connectivity index (χ2n) is 7.48. The molecule has 0 aliphatic heterocycles. The molecule has 0 saturated heterocycles. The van der Waals surface area contributed by atoms with Crippen molar-refractivity contribution in [1.82, 2.24) is 0 Å². The third-order valence-electron chi connectivity index (χ3n) is 6.60. The Morgan fingerprint density at radius 3 is 2.88 bits per heavy atom. The van der Waals surface area contributed by atoms with Gasteiger partial charge in [-0.2, -0.15) is 0 Å². The van der Waals surface area contributed by atoms with Crippen molar-refractivity contribution in [3.63, 3.8) is 0 Å². The predicted octanol–water partition coefficient (Wildman–Crippen LogP) is 4.29. The first-order chi connectivity index (χ1) is 8.16. The number of hydrogen-bond donors (Lipinski definition) is 0. The minimum Gasteiger partial charge on any atom is -0.0872 e. The molecule has 17 heavy (non-hydrogen) atoms. The maximum absolute atomic E-state index is 8.87. The highest BCUT2D eigenvalue weighted by molar-refractivity contribution is 5.17. The second-order valence-corrected chi connectivity index (χ2v) is 7.48. The number of azide groups is 1. The fourth-order valence-corrected chi connectivity index (χ4v) is 6.49. The van der Waals surface area contributed by atoms with Crippen molar-refractivity contribution in [3.05, 3.63) is 10.4 Å². The molecule has 6 unspecified atom stereocenters. The SMILES string of the molecule is CC12CC3CC(N=[N+]=[N-])(CC4C3CCCC41)C2. The molecule has 5 aliphatic carbocycles. The summed E-state index contributed by atoms with van der Waals surface area (Å²) in [6.07, 6.45) is 9.34. The molecule has 5 rings (SSSR count). The van der Waals surface area contributed by atoms with Gasteiger partial charge in [0.1, 0.15) is 0 Å². The van der Waals surface area contributed by atoms with E-state index in [1.807, 2.05) is 0 Å². The highest BCUT2D eigenvalue weighted by Crippen LogP contribution is 2.70. The molecule has 0 radical (unpaired) electrons. The van der Waals surface area contributed by atoms with Crippen LogP contribution in [0.25, 0.3) is 10.4 Å². The summed E-state index contributed by atoms with van der Waals surface area (Å²) >= 11 is 0. The zero-order chi connectivity index (χ0) is 11.7. The van der Waals surface area contributed by atoms with Crippen LogP contribution in [0, 0.1) is 29.1 Å². The van der Waals surface area contributed by atoms with Gasteiger partial charge in [-0.15, -0.1) is 0 Å². The molecule has 0 N–H and O–H groups in total. The second kappa shape index (κ2) is 3.00. The summed E-state index contributed by atoms with van der Waals surface area (Å²) < 4.78 is 0. The molecule has 5 fully saturated rings. The Hall–Kier alpha value is -0.690. The van der Waals surface area contributed by atoms with Crippen LogP contribution in [0.4, 0.5) is 0 Å². The van der Waals surface area contributed by atoms with Gasteiger partial charge in [0.05, 0.1) is 0 Å². The van der Waals surface area contributed by atoms with E-state index in [0.29, 0.717) is 5.41 Å². The first-order valence-electron chi connectivity index (χ1n) is 7.22. The van der Waals surface area contributed by atoms with E-state index in [1.165, 1.54) is 44.9 Å². The van der Waals surface area contributed by atoms with E-state index in [0.717, 1.165) is 23.7 Å². The van der Waals surface area contributed by atoms with Gasteiger partial charge >= 0.3 is 0 Å². The number of hydrogen-bond acceptors (Lipinski definition) is 1. The topological polar surface area (TPSA) is 48.8 Å². The van der Waals surface area contributed by atoms with Crippen molar-refractivity contribution < 1.29 is 0 Å². The Morgan fingerprint density at radius 1 is 1.18 bits per heavy atom. The van der Waals surface area contributed by atoms with Crippen molar-refractivity contribution in [1.29, 1.82) is 0 Å². The molecule has 0 heterocycles. The fraction of sp³-hybridized carbons (Fsp3) is 1.00. The smallest absolute Gasteiger partial charge is 0.0499 e. The maximum Gasteiger partial charge on any atom is 0.0499 e. The monoisotopic (exact) mass is 231 g/mol. The number of rotatable bonds is 1. The van der Waals surface area contributed by atoms with Crippen LogP contribution >= 0.6 is 0 Å². The van der Waals surface area contributed by atoms with Crippen molar-refractivity contribution >= 4 is 0 Å². The molecule has 6 atom stereocenters. The Morgan fingerprint density at radius 2 is 2.06 bits per heavy atom. The standard InChI is InChI=1S/C14H21N3/c1-13-5-9-6-14(8-13,16-17-15)7-11-10(9)3-2-4-12(11)13/h9-12H,2-8H2,1H3. The van der Waals surface area contributed by atoms with E-state index in [4.69, 9.17) is 5.53 Å². The molecule has 6 bridgehead atoms. The van der Waals surface area contributed by atoms with Crippen LogP contribution in [0.15, 0.2) is 5.11 Å². The summed E-state index contributed by atoms with van der Waals surface area (Å²) in [4.78, 5) is 3.18. The van der Waals surface area contributed by atoms with Gasteiger partial charge in [0.15, 0.2) is 0 Å². The van der Waals surface area contributed by atoms with Gasteiger partial charge in [0.2, 0.25) is 0 Å². The van der Waals surface area contributed by atoms with Crippen molar-refractivity contribution in [2.24, 2.45) is 34.2 Å². The molecule has 92 valence electrons. The lowest BCUT2D eigenvalue weighted by Crippen LogP contribution is -2.63. The first-order valence-corrected chi connectivity index (χ1v) is 7.22. The summed E-state index contributed by atoms with van der Waals surface area (Å²) in [5.74, 6) is 3.68. The van der Waals surface area contributed by atoms with E-state index in [9.17, 15) is 0 Å². The largest absolute Gasteiger partial charge is 0.0872 e. The quantitative estimate of drug-likeness (QED) is 0.367. The lowest BCUT2D eigenvalue weighted by atomic mass is 9.38. The molecule has 3 nitrogen and oxygen atoms in total. The number of nitrogens with zero attached hydrogens (tertiary/aromatic N) is 3. The van der Waals surface area contributed by atoms with Crippen LogP contribution in [-0.2, 0) is 0 Å². The molecule has 0 aromatic rings. The van der Waals surface area contributed by atoms with E-state index >= 15 is 0 Å². The molecule has 0 aromatic heterocycles. The molecule has 0 amide bonds. The molecular formula is C14H21N3. The van der Waals surface area contributed by atoms with Gasteiger partial charge in [-0.25, -0.2) is 0 Å². The van der Waals surface area contributed by atoms with Gasteiger partial charge in [0.25, 0.3) is 0 Å². The molecular weight excluding hydrogens is 210 g/mol. The fourth-order valence-electron chi connectivity index (χ4n) is 6.49. The third kappa shape index (κ3) is 1.16. The van der Waals surface area contributed by atoms with Crippen molar-refractivity contribution in [2.75, 3.05) is 0 Å². The van der Waals surface area contributed by atoms with Crippen LogP contribution in [0.3, 0.4) is 0 Å². The van der Waals surface area contributed by atoms with Crippen LogP contribution in [0.1, 0.15) is 51.9 Å². The lowest BCUT2D eigenvalue weighted by molar-refractivity contribution is -0.167. The molecule has 0 spiro atoms.